The van der Waals surface area contributed by atoms with E-state index in [1.165, 1.54) is 0 Å². The number of fused-ring (bicyclic) bond motifs is 3. The van der Waals surface area contributed by atoms with E-state index in [1.54, 1.807) is 24.3 Å². The minimum absolute atomic E-state index is 0.198. The fraction of sp³-hybridized carbons (Fsp3) is 0. The molecular formula is C20H9F5N2. The van der Waals surface area contributed by atoms with Crippen molar-refractivity contribution in [3.05, 3.63) is 94.6 Å². The Labute approximate surface area is 150 Å². The maximum atomic E-state index is 14.2. The molecule has 0 spiro atoms. The number of benzene rings is 3. The monoisotopic (exact) mass is 372 g/mol. The zero-order valence-corrected chi connectivity index (χ0v) is 13.5. The van der Waals surface area contributed by atoms with Crippen LogP contribution in [-0.2, 0) is 0 Å². The first-order valence-electron chi connectivity index (χ1n) is 7.82. The SMILES string of the molecule is FC(=NN=C1c2ccccc2-c2ccccc21)c1cc(F)c(F)c(F)c1F. The Morgan fingerprint density at radius 1 is 0.667 bits per heavy atom. The topological polar surface area (TPSA) is 24.7 Å². The Kier molecular flexibility index (Phi) is 4.07. The third-order valence-corrected chi connectivity index (χ3v) is 4.22. The molecule has 0 N–H and O–H groups in total. The van der Waals surface area contributed by atoms with Crippen LogP contribution in [0.25, 0.3) is 11.1 Å². The molecule has 0 fully saturated rings. The molecule has 0 aromatic heterocycles. The van der Waals surface area contributed by atoms with Gasteiger partial charge in [0.25, 0.3) is 0 Å². The van der Waals surface area contributed by atoms with Crippen molar-refractivity contribution in [1.82, 2.24) is 0 Å². The van der Waals surface area contributed by atoms with E-state index in [2.05, 4.69) is 10.2 Å². The van der Waals surface area contributed by atoms with Crippen LogP contribution < -0.4 is 0 Å². The maximum Gasteiger partial charge on any atom is 0.243 e. The number of rotatable bonds is 2. The highest BCUT2D eigenvalue weighted by Crippen LogP contribution is 2.36. The Morgan fingerprint density at radius 3 is 1.74 bits per heavy atom. The molecule has 7 heteroatoms. The van der Waals surface area contributed by atoms with E-state index in [0.29, 0.717) is 16.8 Å². The van der Waals surface area contributed by atoms with Crippen LogP contribution in [-0.4, -0.2) is 11.7 Å². The summed E-state index contributed by atoms with van der Waals surface area (Å²) < 4.78 is 67.6. The molecule has 3 aromatic rings. The van der Waals surface area contributed by atoms with Crippen molar-refractivity contribution in [1.29, 1.82) is 0 Å². The first kappa shape index (κ1) is 17.1. The molecule has 0 heterocycles. The van der Waals surface area contributed by atoms with Gasteiger partial charge in [-0.2, -0.15) is 4.39 Å². The van der Waals surface area contributed by atoms with E-state index in [9.17, 15) is 22.0 Å². The third kappa shape index (κ3) is 2.71. The van der Waals surface area contributed by atoms with Crippen LogP contribution in [0.15, 0.2) is 64.8 Å². The quantitative estimate of drug-likeness (QED) is 0.148. The first-order valence-corrected chi connectivity index (χ1v) is 7.82. The van der Waals surface area contributed by atoms with Gasteiger partial charge in [-0.25, -0.2) is 17.6 Å². The van der Waals surface area contributed by atoms with Gasteiger partial charge in [0.05, 0.1) is 5.56 Å². The number of hydrogen-bond acceptors (Lipinski definition) is 2. The first-order chi connectivity index (χ1) is 13.0. The molecule has 0 atom stereocenters. The van der Waals surface area contributed by atoms with E-state index in [0.717, 1.165) is 11.1 Å². The smallest absolute Gasteiger partial charge is 0.204 e. The van der Waals surface area contributed by atoms with E-state index < -0.39 is 34.8 Å². The van der Waals surface area contributed by atoms with Crippen LogP contribution in [0.3, 0.4) is 0 Å². The van der Waals surface area contributed by atoms with Gasteiger partial charge in [0.15, 0.2) is 23.3 Å². The van der Waals surface area contributed by atoms with Gasteiger partial charge in [0.2, 0.25) is 5.97 Å². The Morgan fingerprint density at radius 2 is 1.19 bits per heavy atom. The lowest BCUT2D eigenvalue weighted by Gasteiger charge is -2.03. The van der Waals surface area contributed by atoms with Crippen molar-refractivity contribution in [3.63, 3.8) is 0 Å². The molecule has 134 valence electrons. The summed E-state index contributed by atoms with van der Waals surface area (Å²) in [7, 11) is 0. The molecule has 0 saturated heterocycles. The summed E-state index contributed by atoms with van der Waals surface area (Å²) in [5.41, 5.74) is 2.30. The number of hydrogen-bond donors (Lipinski definition) is 0. The van der Waals surface area contributed by atoms with Crippen LogP contribution in [0.2, 0.25) is 0 Å². The Bertz CT molecular complexity index is 1090. The summed E-state index contributed by atoms with van der Waals surface area (Å²) in [5.74, 6) is -9.30. The fourth-order valence-corrected chi connectivity index (χ4v) is 2.97. The van der Waals surface area contributed by atoms with Crippen LogP contribution in [0, 0.1) is 23.3 Å². The lowest BCUT2D eigenvalue weighted by atomic mass is 10.1. The summed E-state index contributed by atoms with van der Waals surface area (Å²) in [6.07, 6.45) is 0. The van der Waals surface area contributed by atoms with E-state index in [4.69, 9.17) is 0 Å². The number of halogens is 5. The lowest BCUT2D eigenvalue weighted by Crippen LogP contribution is -2.05. The second-order valence-electron chi connectivity index (χ2n) is 5.78. The summed E-state index contributed by atoms with van der Waals surface area (Å²) in [6, 6.07) is 14.7. The normalized spacial score (nSPS) is 12.8. The van der Waals surface area contributed by atoms with Gasteiger partial charge in [-0.05, 0) is 17.2 Å². The van der Waals surface area contributed by atoms with Gasteiger partial charge in [-0.3, -0.25) is 0 Å². The second kappa shape index (κ2) is 6.42. The molecule has 3 aromatic carbocycles. The fourth-order valence-electron chi connectivity index (χ4n) is 2.97. The highest BCUT2D eigenvalue weighted by Gasteiger charge is 2.25. The van der Waals surface area contributed by atoms with Gasteiger partial charge in [0.1, 0.15) is 5.71 Å². The summed E-state index contributed by atoms with van der Waals surface area (Å²) in [4.78, 5) is 0. The highest BCUT2D eigenvalue weighted by atomic mass is 19.2. The zero-order valence-electron chi connectivity index (χ0n) is 13.5. The summed E-state index contributed by atoms with van der Waals surface area (Å²) >= 11 is 0. The van der Waals surface area contributed by atoms with Crippen molar-refractivity contribution in [3.8, 4) is 11.1 Å². The predicted molar refractivity (Wildman–Crippen MR) is 91.4 cm³/mol. The highest BCUT2D eigenvalue weighted by molar-refractivity contribution is 6.24. The lowest BCUT2D eigenvalue weighted by molar-refractivity contribution is 0.407. The van der Waals surface area contributed by atoms with Crippen LogP contribution in [0.1, 0.15) is 16.7 Å². The van der Waals surface area contributed by atoms with Crippen LogP contribution >= 0.6 is 0 Å². The van der Waals surface area contributed by atoms with E-state index in [1.807, 2.05) is 24.3 Å². The van der Waals surface area contributed by atoms with Gasteiger partial charge in [0, 0.05) is 11.1 Å². The minimum atomic E-state index is -2.11. The zero-order chi connectivity index (χ0) is 19.1. The molecule has 1 aliphatic carbocycles. The Balaban J connectivity index is 1.84. The Hall–Kier alpha value is -3.35. The van der Waals surface area contributed by atoms with E-state index in [-0.39, 0.29) is 6.07 Å². The summed E-state index contributed by atoms with van der Waals surface area (Å²) in [6.45, 7) is 0. The molecule has 0 aliphatic heterocycles. The van der Waals surface area contributed by atoms with Crippen molar-refractivity contribution in [2.75, 3.05) is 0 Å². The summed E-state index contributed by atoms with van der Waals surface area (Å²) in [5, 5.41) is 7.12. The molecule has 0 radical (unpaired) electrons. The average molecular weight is 372 g/mol. The van der Waals surface area contributed by atoms with Crippen LogP contribution in [0.4, 0.5) is 22.0 Å². The van der Waals surface area contributed by atoms with Crippen molar-refractivity contribution >= 4 is 11.7 Å². The molecule has 27 heavy (non-hydrogen) atoms. The molecular weight excluding hydrogens is 363 g/mol. The van der Waals surface area contributed by atoms with E-state index >= 15 is 0 Å². The average Bonchev–Trinajstić information content (AvgIpc) is 3.01. The molecule has 4 rings (SSSR count). The predicted octanol–water partition coefficient (Wildman–Crippen LogP) is 5.39. The molecule has 0 unspecified atom stereocenters. The molecule has 0 amide bonds. The molecule has 0 saturated carbocycles. The van der Waals surface area contributed by atoms with Crippen LogP contribution in [0.5, 0.6) is 0 Å². The standard InChI is InChI=1S/C20H9F5N2/c21-15-9-14(16(22)18(24)17(15)23)20(25)27-26-19-12-7-3-1-5-10(12)11-6-2-4-8-13(11)19/h1-9H. The van der Waals surface area contributed by atoms with Crippen molar-refractivity contribution in [2.24, 2.45) is 10.2 Å². The maximum absolute atomic E-state index is 14.2. The molecule has 0 bridgehead atoms. The minimum Gasteiger partial charge on any atom is -0.204 e. The van der Waals surface area contributed by atoms with Gasteiger partial charge in [-0.1, -0.05) is 48.5 Å². The third-order valence-electron chi connectivity index (χ3n) is 4.22. The van der Waals surface area contributed by atoms with Crippen molar-refractivity contribution < 1.29 is 22.0 Å². The van der Waals surface area contributed by atoms with Gasteiger partial charge in [-0.15, -0.1) is 10.2 Å². The van der Waals surface area contributed by atoms with Crippen molar-refractivity contribution in [2.45, 2.75) is 0 Å². The largest absolute Gasteiger partial charge is 0.243 e. The van der Waals surface area contributed by atoms with Gasteiger partial charge >= 0.3 is 0 Å². The second-order valence-corrected chi connectivity index (χ2v) is 5.78. The number of nitrogens with zero attached hydrogens (tertiary/aromatic N) is 2. The van der Waals surface area contributed by atoms with Gasteiger partial charge < -0.3 is 0 Å². The molecule has 1 aliphatic rings. The molecule has 2 nitrogen and oxygen atoms in total.